The molecule has 0 spiro atoms. The molecule has 0 aliphatic rings. The summed E-state index contributed by atoms with van der Waals surface area (Å²) in [6.07, 6.45) is 0. The maximum atomic E-state index is 6.15. The highest BCUT2D eigenvalue weighted by molar-refractivity contribution is 14.1. The van der Waals surface area contributed by atoms with E-state index in [4.69, 9.17) is 33.7 Å². The molecular formula is C12H10Cl2IN3O. The van der Waals surface area contributed by atoms with Crippen molar-refractivity contribution >= 4 is 51.6 Å². The van der Waals surface area contributed by atoms with Gasteiger partial charge in [-0.25, -0.2) is 9.97 Å². The Bertz CT molecular complexity index is 602. The van der Waals surface area contributed by atoms with Crippen LogP contribution in [0.5, 0.6) is 0 Å². The van der Waals surface area contributed by atoms with Crippen molar-refractivity contribution in [3.8, 4) is 11.4 Å². The van der Waals surface area contributed by atoms with Crippen LogP contribution < -0.4 is 5.73 Å². The van der Waals surface area contributed by atoms with Gasteiger partial charge in [-0.3, -0.25) is 0 Å². The molecule has 0 unspecified atom stereocenters. The van der Waals surface area contributed by atoms with E-state index < -0.39 is 0 Å². The molecule has 0 bridgehead atoms. The molecule has 4 nitrogen and oxygen atoms in total. The molecule has 1 aromatic heterocycles. The second-order valence-electron chi connectivity index (χ2n) is 3.72. The van der Waals surface area contributed by atoms with Crippen LogP contribution in [0.15, 0.2) is 18.2 Å². The van der Waals surface area contributed by atoms with E-state index in [9.17, 15) is 0 Å². The quantitative estimate of drug-likeness (QED) is 0.783. The molecule has 2 aromatic rings. The first-order valence-electron chi connectivity index (χ1n) is 5.29. The lowest BCUT2D eigenvalue weighted by Crippen LogP contribution is -2.06. The van der Waals surface area contributed by atoms with Crippen LogP contribution in [0.25, 0.3) is 11.4 Å². The maximum absolute atomic E-state index is 6.15. The fourth-order valence-electron chi connectivity index (χ4n) is 1.57. The van der Waals surface area contributed by atoms with Crippen molar-refractivity contribution in [1.29, 1.82) is 0 Å². The summed E-state index contributed by atoms with van der Waals surface area (Å²) in [5, 5.41) is 0.966. The molecule has 1 heterocycles. The van der Waals surface area contributed by atoms with Gasteiger partial charge in [0.25, 0.3) is 0 Å². The highest BCUT2D eigenvalue weighted by Crippen LogP contribution is 2.33. The largest absolute Gasteiger partial charge is 0.383 e. The Labute approximate surface area is 134 Å². The molecule has 2 rings (SSSR count). The van der Waals surface area contributed by atoms with Crippen molar-refractivity contribution in [2.24, 2.45) is 0 Å². The number of ether oxygens (including phenoxy) is 1. The molecule has 100 valence electrons. The summed E-state index contributed by atoms with van der Waals surface area (Å²) in [6, 6.07) is 5.23. The number of rotatable bonds is 3. The number of hydrogen-bond acceptors (Lipinski definition) is 4. The normalized spacial score (nSPS) is 10.7. The minimum Gasteiger partial charge on any atom is -0.383 e. The molecule has 1 aromatic carbocycles. The average molecular weight is 410 g/mol. The summed E-state index contributed by atoms with van der Waals surface area (Å²) >= 11 is 14.4. The Hall–Kier alpha value is -0.630. The monoisotopic (exact) mass is 409 g/mol. The summed E-state index contributed by atoms with van der Waals surface area (Å²) in [5.74, 6) is 0.786. The summed E-state index contributed by atoms with van der Waals surface area (Å²) < 4.78 is 5.87. The molecule has 0 aliphatic heterocycles. The van der Waals surface area contributed by atoms with Crippen molar-refractivity contribution in [2.75, 3.05) is 12.8 Å². The molecule has 0 atom stereocenters. The van der Waals surface area contributed by atoms with Crippen LogP contribution in [-0.4, -0.2) is 17.1 Å². The zero-order chi connectivity index (χ0) is 14.0. The Morgan fingerprint density at radius 3 is 2.47 bits per heavy atom. The van der Waals surface area contributed by atoms with Crippen LogP contribution in [0.4, 0.5) is 5.82 Å². The highest BCUT2D eigenvalue weighted by atomic mass is 127. The molecule has 0 radical (unpaired) electrons. The van der Waals surface area contributed by atoms with Gasteiger partial charge in [0.15, 0.2) is 5.82 Å². The summed E-state index contributed by atoms with van der Waals surface area (Å²) in [7, 11) is 1.59. The number of hydrogen-bond donors (Lipinski definition) is 1. The third kappa shape index (κ3) is 3.10. The van der Waals surface area contributed by atoms with Gasteiger partial charge in [-0.05, 0) is 34.7 Å². The SMILES string of the molecule is COCc1nc(-c2c(Cl)cccc2Cl)nc(N)c1I. The van der Waals surface area contributed by atoms with Crippen molar-refractivity contribution < 1.29 is 4.74 Å². The van der Waals surface area contributed by atoms with Crippen LogP contribution in [0, 0.1) is 3.57 Å². The summed E-state index contributed by atoms with van der Waals surface area (Å²) in [6.45, 7) is 0.347. The van der Waals surface area contributed by atoms with Gasteiger partial charge in [-0.1, -0.05) is 29.3 Å². The van der Waals surface area contributed by atoms with Gasteiger partial charge in [0.1, 0.15) is 5.82 Å². The van der Waals surface area contributed by atoms with E-state index in [1.54, 1.807) is 25.3 Å². The summed E-state index contributed by atoms with van der Waals surface area (Å²) in [5.41, 5.74) is 7.17. The fraction of sp³-hybridized carbons (Fsp3) is 0.167. The lowest BCUT2D eigenvalue weighted by molar-refractivity contribution is 0.181. The molecule has 7 heteroatoms. The van der Waals surface area contributed by atoms with E-state index in [1.165, 1.54) is 0 Å². The van der Waals surface area contributed by atoms with E-state index >= 15 is 0 Å². The molecule has 0 saturated carbocycles. The number of anilines is 1. The predicted octanol–water partition coefficient (Wildman–Crippen LogP) is 3.78. The zero-order valence-corrected chi connectivity index (χ0v) is 13.6. The second-order valence-corrected chi connectivity index (χ2v) is 5.62. The smallest absolute Gasteiger partial charge is 0.164 e. The number of halogens is 3. The highest BCUT2D eigenvalue weighted by Gasteiger charge is 2.15. The van der Waals surface area contributed by atoms with Gasteiger partial charge in [-0.15, -0.1) is 0 Å². The van der Waals surface area contributed by atoms with Gasteiger partial charge in [0.05, 0.1) is 31.5 Å². The minimum atomic E-state index is 0.347. The molecular weight excluding hydrogens is 400 g/mol. The first-order valence-corrected chi connectivity index (χ1v) is 7.13. The number of nitrogens with two attached hydrogens (primary N) is 1. The van der Waals surface area contributed by atoms with Gasteiger partial charge >= 0.3 is 0 Å². The predicted molar refractivity (Wildman–Crippen MR) is 85.3 cm³/mol. The van der Waals surface area contributed by atoms with Crippen molar-refractivity contribution in [2.45, 2.75) is 6.61 Å². The van der Waals surface area contributed by atoms with Crippen molar-refractivity contribution in [3.05, 3.63) is 37.5 Å². The molecule has 0 fully saturated rings. The Kier molecular flexibility index (Phi) is 4.83. The zero-order valence-electron chi connectivity index (χ0n) is 9.95. The topological polar surface area (TPSA) is 61.0 Å². The maximum Gasteiger partial charge on any atom is 0.164 e. The summed E-state index contributed by atoms with van der Waals surface area (Å²) in [4.78, 5) is 8.66. The van der Waals surface area contributed by atoms with Gasteiger partial charge in [0.2, 0.25) is 0 Å². The van der Waals surface area contributed by atoms with Crippen molar-refractivity contribution in [1.82, 2.24) is 9.97 Å². The molecule has 2 N–H and O–H groups in total. The number of aromatic nitrogens is 2. The van der Waals surface area contributed by atoms with E-state index in [-0.39, 0.29) is 0 Å². The fourth-order valence-corrected chi connectivity index (χ4v) is 2.53. The third-order valence-electron chi connectivity index (χ3n) is 2.41. The molecule has 0 saturated heterocycles. The Morgan fingerprint density at radius 2 is 1.89 bits per heavy atom. The number of benzene rings is 1. The third-order valence-corrected chi connectivity index (χ3v) is 4.22. The number of nitrogen functional groups attached to an aromatic ring is 1. The lowest BCUT2D eigenvalue weighted by Gasteiger charge is -2.10. The van der Waals surface area contributed by atoms with Crippen LogP contribution >= 0.6 is 45.8 Å². The standard InChI is InChI=1S/C12H10Cl2IN3O/c1-19-5-8-10(15)11(16)18-12(17-8)9-6(13)3-2-4-7(9)14/h2-4H,5H2,1H3,(H2,16,17,18). The Morgan fingerprint density at radius 1 is 1.26 bits per heavy atom. The Balaban J connectivity index is 2.63. The van der Waals surface area contributed by atoms with E-state index in [1.807, 2.05) is 0 Å². The average Bonchev–Trinajstić information content (AvgIpc) is 2.35. The van der Waals surface area contributed by atoms with Crippen LogP contribution in [-0.2, 0) is 11.3 Å². The van der Waals surface area contributed by atoms with E-state index in [0.29, 0.717) is 39.6 Å². The van der Waals surface area contributed by atoms with Crippen LogP contribution in [0.3, 0.4) is 0 Å². The molecule has 0 aliphatic carbocycles. The lowest BCUT2D eigenvalue weighted by atomic mass is 10.2. The number of methoxy groups -OCH3 is 1. The van der Waals surface area contributed by atoms with Crippen LogP contribution in [0.1, 0.15) is 5.69 Å². The van der Waals surface area contributed by atoms with Gasteiger partial charge < -0.3 is 10.5 Å². The van der Waals surface area contributed by atoms with Gasteiger partial charge in [-0.2, -0.15) is 0 Å². The number of nitrogens with zero attached hydrogens (tertiary/aromatic N) is 2. The minimum absolute atomic E-state index is 0.347. The van der Waals surface area contributed by atoms with Crippen molar-refractivity contribution in [3.63, 3.8) is 0 Å². The second kappa shape index (κ2) is 6.21. The van der Waals surface area contributed by atoms with Gasteiger partial charge in [0, 0.05) is 7.11 Å². The van der Waals surface area contributed by atoms with Crippen LogP contribution in [0.2, 0.25) is 10.0 Å². The molecule has 19 heavy (non-hydrogen) atoms. The first-order chi connectivity index (χ1) is 9.04. The molecule has 0 amide bonds. The first kappa shape index (κ1) is 14.8. The van der Waals surface area contributed by atoms with E-state index in [0.717, 1.165) is 3.57 Å². The van der Waals surface area contributed by atoms with E-state index in [2.05, 4.69) is 32.6 Å².